The normalized spacial score (nSPS) is 19.9. The number of halogens is 3. The fourth-order valence-electron chi connectivity index (χ4n) is 4.48. The molecular weight excluding hydrogens is 385 g/mol. The summed E-state index contributed by atoms with van der Waals surface area (Å²) in [4.78, 5) is 25.5. The van der Waals surface area contributed by atoms with E-state index in [1.165, 1.54) is 6.08 Å². The van der Waals surface area contributed by atoms with Gasteiger partial charge in [0.2, 0.25) is 0 Å². The Balaban J connectivity index is 3.08. The van der Waals surface area contributed by atoms with E-state index in [9.17, 15) is 27.9 Å². The summed E-state index contributed by atoms with van der Waals surface area (Å²) in [5.41, 5.74) is -3.64. The molecule has 0 aliphatic heterocycles. The number of allylic oxidation sites excluding steroid dienone is 1. The highest BCUT2D eigenvalue weighted by Crippen LogP contribution is 2.49. The molecule has 2 N–H and O–H groups in total. The minimum absolute atomic E-state index is 0.0556. The lowest BCUT2D eigenvalue weighted by atomic mass is 9.66. The molecule has 0 spiro atoms. The number of hydrogen-bond acceptors (Lipinski definition) is 3. The summed E-state index contributed by atoms with van der Waals surface area (Å²) in [5, 5.41) is 18.9. The van der Waals surface area contributed by atoms with Crippen molar-refractivity contribution in [3.05, 3.63) is 12.2 Å². The molecule has 1 aliphatic rings. The zero-order valence-electron chi connectivity index (χ0n) is 17.6. The molecule has 7 heteroatoms. The molecular formula is C22H35F3O4. The van der Waals surface area contributed by atoms with Crippen LogP contribution < -0.4 is 0 Å². The third-order valence-electron chi connectivity index (χ3n) is 6.58. The third-order valence-corrected chi connectivity index (χ3v) is 6.58. The Morgan fingerprint density at radius 2 is 1.69 bits per heavy atom. The van der Waals surface area contributed by atoms with Gasteiger partial charge in [-0.2, -0.15) is 13.2 Å². The lowest BCUT2D eigenvalue weighted by Gasteiger charge is -2.36. The monoisotopic (exact) mass is 420 g/mol. The molecule has 0 amide bonds. The molecule has 1 fully saturated rings. The summed E-state index contributed by atoms with van der Waals surface area (Å²) < 4.78 is 41.0. The van der Waals surface area contributed by atoms with Crippen LogP contribution in [0.4, 0.5) is 13.2 Å². The lowest BCUT2D eigenvalue weighted by Crippen LogP contribution is -2.46. The highest BCUT2D eigenvalue weighted by atomic mass is 19.4. The van der Waals surface area contributed by atoms with Crippen molar-refractivity contribution in [2.75, 3.05) is 6.61 Å². The van der Waals surface area contributed by atoms with E-state index in [-0.39, 0.29) is 38.2 Å². The van der Waals surface area contributed by atoms with Gasteiger partial charge in [0.15, 0.2) is 0 Å². The Morgan fingerprint density at radius 1 is 1.07 bits per heavy atom. The van der Waals surface area contributed by atoms with Gasteiger partial charge >= 0.3 is 12.1 Å². The maximum absolute atomic E-state index is 13.7. The number of hydrogen-bond donors (Lipinski definition) is 2. The van der Waals surface area contributed by atoms with Crippen LogP contribution in [0, 0.1) is 16.7 Å². The van der Waals surface area contributed by atoms with Crippen molar-refractivity contribution >= 4 is 11.8 Å². The minimum Gasteiger partial charge on any atom is -0.480 e. The molecule has 1 aliphatic carbocycles. The van der Waals surface area contributed by atoms with Crippen LogP contribution in [0.15, 0.2) is 12.2 Å². The maximum Gasteiger partial charge on any atom is 0.394 e. The standard InChI is InChI=1S/C22H35F3O4/c1-3-4-13-20(2,22(23,24)25)15-12-18(27)21(19(28)29,14-8-5-9-16-26)17-10-6-7-11-17/h5,9,17,26H,3-4,6-8,10-16H2,1-2H3,(H,28,29)/t20?,21-/m0/s1. The fraction of sp³-hybridized carbons (Fsp3) is 0.818. The van der Waals surface area contributed by atoms with E-state index in [1.807, 2.05) is 6.92 Å². The molecule has 0 heterocycles. The number of rotatable bonds is 13. The number of unbranched alkanes of at least 4 members (excludes halogenated alkanes) is 1. The van der Waals surface area contributed by atoms with Gasteiger partial charge < -0.3 is 10.2 Å². The summed E-state index contributed by atoms with van der Waals surface area (Å²) in [6.45, 7) is 2.77. The predicted molar refractivity (Wildman–Crippen MR) is 105 cm³/mol. The van der Waals surface area contributed by atoms with Crippen LogP contribution in [0.25, 0.3) is 0 Å². The van der Waals surface area contributed by atoms with E-state index in [0.29, 0.717) is 32.1 Å². The van der Waals surface area contributed by atoms with Crippen LogP contribution in [0.3, 0.4) is 0 Å². The molecule has 4 nitrogen and oxygen atoms in total. The van der Waals surface area contributed by atoms with Crippen molar-refractivity contribution in [1.29, 1.82) is 0 Å². The SMILES string of the molecule is CCCCC(C)(CCC(=O)[C@@](CCC=CCO)(C(=O)O)C1CCCC1)C(F)(F)F. The van der Waals surface area contributed by atoms with Crippen LogP contribution >= 0.6 is 0 Å². The number of carbonyl (C=O) groups is 2. The van der Waals surface area contributed by atoms with Gasteiger partial charge in [0, 0.05) is 6.42 Å². The number of alkyl halides is 3. The van der Waals surface area contributed by atoms with Crippen LogP contribution in [0.1, 0.15) is 84.5 Å². The first-order chi connectivity index (χ1) is 13.5. The van der Waals surface area contributed by atoms with Crippen molar-refractivity contribution in [1.82, 2.24) is 0 Å². The first-order valence-electron chi connectivity index (χ1n) is 10.6. The zero-order chi connectivity index (χ0) is 22.1. The Bertz CT molecular complexity index is 567. The second kappa shape index (κ2) is 11.1. The van der Waals surface area contributed by atoms with Gasteiger partial charge in [0.25, 0.3) is 0 Å². The number of carboxylic acid groups (broad SMARTS) is 1. The van der Waals surface area contributed by atoms with Gasteiger partial charge in [0.1, 0.15) is 11.2 Å². The van der Waals surface area contributed by atoms with Gasteiger partial charge in [-0.05, 0) is 44.4 Å². The average Bonchev–Trinajstić information content (AvgIpc) is 3.18. The number of Topliss-reactive ketones (excluding diaryl/α,β-unsaturated/α-hetero) is 1. The van der Waals surface area contributed by atoms with Crippen LogP contribution in [-0.2, 0) is 9.59 Å². The summed E-state index contributed by atoms with van der Waals surface area (Å²) in [6.07, 6.45) is 2.08. The van der Waals surface area contributed by atoms with E-state index in [2.05, 4.69) is 0 Å². The Morgan fingerprint density at radius 3 is 2.17 bits per heavy atom. The van der Waals surface area contributed by atoms with Crippen molar-refractivity contribution < 1.29 is 33.0 Å². The van der Waals surface area contributed by atoms with Crippen molar-refractivity contribution in [2.24, 2.45) is 16.7 Å². The van der Waals surface area contributed by atoms with E-state index in [0.717, 1.165) is 19.8 Å². The van der Waals surface area contributed by atoms with Gasteiger partial charge in [-0.3, -0.25) is 9.59 Å². The van der Waals surface area contributed by atoms with Gasteiger partial charge in [-0.25, -0.2) is 0 Å². The molecule has 0 bridgehead atoms. The second-order valence-corrected chi connectivity index (χ2v) is 8.54. The number of carboxylic acids is 1. The van der Waals surface area contributed by atoms with Gasteiger partial charge in [-0.15, -0.1) is 0 Å². The molecule has 0 radical (unpaired) electrons. The van der Waals surface area contributed by atoms with Crippen molar-refractivity contribution in [3.63, 3.8) is 0 Å². The Kier molecular flexibility index (Phi) is 9.86. The van der Waals surface area contributed by atoms with Gasteiger partial charge in [-0.1, -0.05) is 51.7 Å². The topological polar surface area (TPSA) is 74.6 Å². The first-order valence-corrected chi connectivity index (χ1v) is 10.6. The molecule has 1 saturated carbocycles. The average molecular weight is 421 g/mol. The van der Waals surface area contributed by atoms with Crippen LogP contribution in [-0.4, -0.2) is 34.7 Å². The summed E-state index contributed by atoms with van der Waals surface area (Å²) in [6, 6.07) is 0. The highest BCUT2D eigenvalue weighted by molar-refractivity contribution is 6.03. The molecule has 2 atom stereocenters. The summed E-state index contributed by atoms with van der Waals surface area (Å²) in [7, 11) is 0. The van der Waals surface area contributed by atoms with Crippen LogP contribution in [0.2, 0.25) is 0 Å². The van der Waals surface area contributed by atoms with E-state index in [4.69, 9.17) is 5.11 Å². The Labute approximate surface area is 171 Å². The summed E-state index contributed by atoms with van der Waals surface area (Å²) >= 11 is 0. The quantitative estimate of drug-likeness (QED) is 0.297. The molecule has 1 rings (SSSR count). The fourth-order valence-corrected chi connectivity index (χ4v) is 4.48. The smallest absolute Gasteiger partial charge is 0.394 e. The number of ketones is 1. The summed E-state index contributed by atoms with van der Waals surface area (Å²) in [5.74, 6) is -2.15. The number of carbonyl (C=O) groups excluding carboxylic acids is 1. The third kappa shape index (κ3) is 6.30. The van der Waals surface area contributed by atoms with Crippen molar-refractivity contribution in [3.8, 4) is 0 Å². The lowest BCUT2D eigenvalue weighted by molar-refractivity contribution is -0.223. The maximum atomic E-state index is 13.7. The molecule has 0 aromatic rings. The van der Waals surface area contributed by atoms with E-state index >= 15 is 0 Å². The molecule has 1 unspecified atom stereocenters. The van der Waals surface area contributed by atoms with Gasteiger partial charge in [0.05, 0.1) is 12.0 Å². The number of aliphatic carboxylic acids is 1. The number of aliphatic hydroxyl groups is 1. The molecule has 29 heavy (non-hydrogen) atoms. The predicted octanol–water partition coefficient (Wildman–Crippen LogP) is 5.68. The van der Waals surface area contributed by atoms with Crippen molar-refractivity contribution in [2.45, 2.75) is 90.7 Å². The Hall–Kier alpha value is -1.37. The highest BCUT2D eigenvalue weighted by Gasteiger charge is 2.54. The molecule has 168 valence electrons. The van der Waals surface area contributed by atoms with Crippen LogP contribution in [0.5, 0.6) is 0 Å². The largest absolute Gasteiger partial charge is 0.480 e. The number of aliphatic hydroxyl groups excluding tert-OH is 1. The zero-order valence-corrected chi connectivity index (χ0v) is 17.6. The second-order valence-electron chi connectivity index (χ2n) is 8.54. The molecule has 0 saturated heterocycles. The first kappa shape index (κ1) is 25.7. The van der Waals surface area contributed by atoms with E-state index in [1.54, 1.807) is 6.08 Å². The molecule has 0 aromatic heterocycles. The molecule has 0 aromatic carbocycles. The minimum atomic E-state index is -4.44. The van der Waals surface area contributed by atoms with E-state index < -0.39 is 28.8 Å².